The van der Waals surface area contributed by atoms with E-state index >= 15 is 0 Å². The molecule has 1 fully saturated rings. The molecule has 0 bridgehead atoms. The van der Waals surface area contributed by atoms with Gasteiger partial charge in [0.25, 0.3) is 5.52 Å². The van der Waals surface area contributed by atoms with Gasteiger partial charge in [0.05, 0.1) is 18.5 Å². The molecule has 2 aromatic rings. The lowest BCUT2D eigenvalue weighted by molar-refractivity contribution is -0.672. The van der Waals surface area contributed by atoms with Gasteiger partial charge in [-0.05, 0) is 55.8 Å². The molecule has 26 heavy (non-hydrogen) atoms. The second-order valence-electron chi connectivity index (χ2n) is 7.15. The molecule has 1 unspecified atom stereocenters. The molecule has 1 aliphatic carbocycles. The summed E-state index contributed by atoms with van der Waals surface area (Å²) in [6, 6.07) is 5.94. The lowest BCUT2D eigenvalue weighted by Gasteiger charge is -2.14. The molecule has 1 aliphatic heterocycles. The fourth-order valence-electron chi connectivity index (χ4n) is 3.96. The lowest BCUT2D eigenvalue weighted by atomic mass is 10.1. The summed E-state index contributed by atoms with van der Waals surface area (Å²) in [6.45, 7) is 3.18. The number of hydrogen-bond donors (Lipinski definition) is 1. The van der Waals surface area contributed by atoms with Crippen LogP contribution in [-0.4, -0.2) is 36.2 Å². The second-order valence-corrected chi connectivity index (χ2v) is 7.15. The first-order chi connectivity index (χ1) is 12.7. The van der Waals surface area contributed by atoms with Gasteiger partial charge in [-0.15, -0.1) is 0 Å². The summed E-state index contributed by atoms with van der Waals surface area (Å²) >= 11 is 0. The van der Waals surface area contributed by atoms with Gasteiger partial charge in [-0.2, -0.15) is 5.26 Å². The molecule has 2 heterocycles. The quantitative estimate of drug-likeness (QED) is 0.480. The Labute approximate surface area is 151 Å². The van der Waals surface area contributed by atoms with Crippen LogP contribution >= 0.6 is 0 Å². The van der Waals surface area contributed by atoms with Crippen LogP contribution in [0.15, 0.2) is 12.1 Å². The van der Waals surface area contributed by atoms with Crippen molar-refractivity contribution in [1.29, 1.82) is 5.26 Å². The third-order valence-electron chi connectivity index (χ3n) is 5.38. The zero-order valence-electron chi connectivity index (χ0n) is 14.6. The SMILES string of the molecule is N#CC1CCN(CCCNc2n[n+]([O-])c3cc4c(cc3[n+]2[O-])CCC4)C1. The Morgan fingerprint density at radius 2 is 2.04 bits per heavy atom. The zero-order chi connectivity index (χ0) is 18.1. The number of benzene rings is 1. The van der Waals surface area contributed by atoms with Gasteiger partial charge >= 0.3 is 5.95 Å². The van der Waals surface area contributed by atoms with Crippen molar-refractivity contribution in [2.45, 2.75) is 32.1 Å². The summed E-state index contributed by atoms with van der Waals surface area (Å²) in [4.78, 5) is 2.80. The van der Waals surface area contributed by atoms with E-state index in [1.165, 1.54) is 0 Å². The minimum Gasteiger partial charge on any atom is -0.739 e. The Hall–Kier alpha value is -2.66. The zero-order valence-corrected chi connectivity index (χ0v) is 14.6. The highest BCUT2D eigenvalue weighted by Crippen LogP contribution is 2.24. The van der Waals surface area contributed by atoms with Crippen LogP contribution in [0.1, 0.15) is 30.4 Å². The van der Waals surface area contributed by atoms with Crippen molar-refractivity contribution in [2.24, 2.45) is 5.92 Å². The van der Waals surface area contributed by atoms with Crippen molar-refractivity contribution >= 4 is 17.0 Å². The molecule has 8 nitrogen and oxygen atoms in total. The van der Waals surface area contributed by atoms with Crippen molar-refractivity contribution < 1.29 is 9.58 Å². The molecule has 0 saturated carbocycles. The predicted molar refractivity (Wildman–Crippen MR) is 95.0 cm³/mol. The molecular weight excluding hydrogens is 332 g/mol. The fourth-order valence-corrected chi connectivity index (χ4v) is 3.96. The number of nitrogens with one attached hydrogen (secondary N) is 1. The van der Waals surface area contributed by atoms with E-state index in [9.17, 15) is 10.4 Å². The first-order valence-electron chi connectivity index (χ1n) is 9.20. The molecule has 0 radical (unpaired) electrons. The molecule has 2 aliphatic rings. The maximum atomic E-state index is 12.6. The Kier molecular flexibility index (Phi) is 4.47. The van der Waals surface area contributed by atoms with Crippen LogP contribution in [-0.2, 0) is 12.8 Å². The maximum Gasteiger partial charge on any atom is 0.460 e. The molecule has 1 saturated heterocycles. The Bertz CT molecular complexity index is 878. The van der Waals surface area contributed by atoms with Gasteiger partial charge < -0.3 is 15.3 Å². The molecule has 8 heteroatoms. The molecule has 1 N–H and O–H groups in total. The van der Waals surface area contributed by atoms with E-state index in [2.05, 4.69) is 21.4 Å². The first-order valence-corrected chi connectivity index (χ1v) is 9.20. The Morgan fingerprint density at radius 3 is 2.77 bits per heavy atom. The monoisotopic (exact) mass is 354 g/mol. The average molecular weight is 354 g/mol. The summed E-state index contributed by atoms with van der Waals surface area (Å²) in [5.74, 6) is 0.178. The normalized spacial score (nSPS) is 19.6. The summed E-state index contributed by atoms with van der Waals surface area (Å²) in [7, 11) is 0. The molecule has 0 spiro atoms. The van der Waals surface area contributed by atoms with Crippen LogP contribution < -0.4 is 14.9 Å². The van der Waals surface area contributed by atoms with E-state index in [1.54, 1.807) is 6.07 Å². The highest BCUT2D eigenvalue weighted by Gasteiger charge is 2.24. The number of fused-ring (bicyclic) bond motifs is 2. The van der Waals surface area contributed by atoms with Crippen LogP contribution in [0, 0.1) is 27.7 Å². The van der Waals surface area contributed by atoms with Crippen molar-refractivity contribution in [3.8, 4) is 6.07 Å². The van der Waals surface area contributed by atoms with Gasteiger partial charge in [0.2, 0.25) is 5.10 Å². The Morgan fingerprint density at radius 1 is 1.27 bits per heavy atom. The average Bonchev–Trinajstić information content (AvgIpc) is 3.29. The van der Waals surface area contributed by atoms with E-state index in [1.807, 2.05) is 6.07 Å². The number of rotatable bonds is 5. The van der Waals surface area contributed by atoms with E-state index < -0.39 is 0 Å². The summed E-state index contributed by atoms with van der Waals surface area (Å²) < 4.78 is 0.726. The number of nitrogens with zero attached hydrogens (tertiary/aromatic N) is 5. The molecule has 136 valence electrons. The highest BCUT2D eigenvalue weighted by atomic mass is 16.5. The van der Waals surface area contributed by atoms with Gasteiger partial charge in [0.15, 0.2) is 5.52 Å². The highest BCUT2D eigenvalue weighted by molar-refractivity contribution is 5.71. The summed E-state index contributed by atoms with van der Waals surface area (Å²) in [6.07, 6.45) is 4.71. The third kappa shape index (κ3) is 3.10. The van der Waals surface area contributed by atoms with E-state index in [0.717, 1.165) is 67.6 Å². The number of aromatic nitrogens is 3. The predicted octanol–water partition coefficient (Wildman–Crippen LogP) is 0.638. The second kappa shape index (κ2) is 6.92. The molecule has 1 aromatic heterocycles. The Balaban J connectivity index is 1.43. The van der Waals surface area contributed by atoms with Crippen molar-refractivity contribution in [3.05, 3.63) is 33.7 Å². The van der Waals surface area contributed by atoms with Gasteiger partial charge in [0.1, 0.15) is 0 Å². The first kappa shape index (κ1) is 16.8. The van der Waals surface area contributed by atoms with Gasteiger partial charge in [-0.1, -0.05) is 0 Å². The van der Waals surface area contributed by atoms with E-state index in [4.69, 9.17) is 5.26 Å². The fraction of sp³-hybridized carbons (Fsp3) is 0.556. The van der Waals surface area contributed by atoms with E-state index in [0.29, 0.717) is 22.4 Å². The standard InChI is InChI=1S/C18H22N6O2/c19-11-13-5-8-22(12-13)7-2-6-20-18-21-24(26)17-10-15-4-1-3-14(15)9-16(17)23(18)25/h9-10,13H,1-8,12H2,(H,20,21). The molecule has 0 amide bonds. The third-order valence-corrected chi connectivity index (χ3v) is 5.38. The molecule has 4 rings (SSSR count). The molecule has 1 atom stereocenters. The smallest absolute Gasteiger partial charge is 0.460 e. The van der Waals surface area contributed by atoms with Crippen LogP contribution in [0.4, 0.5) is 5.95 Å². The number of nitriles is 1. The number of anilines is 1. The van der Waals surface area contributed by atoms with Crippen LogP contribution in [0.2, 0.25) is 0 Å². The minimum atomic E-state index is 0.0433. The molecular formula is C18H22N6O2. The maximum absolute atomic E-state index is 12.6. The number of hydrogen-bond acceptors (Lipinski definition) is 6. The lowest BCUT2D eigenvalue weighted by Crippen LogP contribution is -2.44. The van der Waals surface area contributed by atoms with Crippen LogP contribution in [0.5, 0.6) is 0 Å². The van der Waals surface area contributed by atoms with Crippen molar-refractivity contribution in [2.75, 3.05) is 31.5 Å². The molecule has 1 aromatic carbocycles. The number of aryl methyl sites for hydroxylation is 2. The van der Waals surface area contributed by atoms with Gasteiger partial charge in [-0.3, -0.25) is 5.32 Å². The number of likely N-dealkylation sites (tertiary alicyclic amines) is 1. The van der Waals surface area contributed by atoms with Crippen LogP contribution in [0.3, 0.4) is 0 Å². The van der Waals surface area contributed by atoms with Gasteiger partial charge in [-0.25, -0.2) is 4.73 Å². The largest absolute Gasteiger partial charge is 0.739 e. The minimum absolute atomic E-state index is 0.0433. The van der Waals surface area contributed by atoms with Crippen molar-refractivity contribution in [3.63, 3.8) is 0 Å². The van der Waals surface area contributed by atoms with Crippen LogP contribution in [0.25, 0.3) is 11.0 Å². The van der Waals surface area contributed by atoms with Gasteiger partial charge in [0, 0.05) is 24.0 Å². The topological polar surface area (TPSA) is 106 Å². The van der Waals surface area contributed by atoms with E-state index in [-0.39, 0.29) is 11.9 Å². The summed E-state index contributed by atoms with van der Waals surface area (Å²) in [5, 5.41) is 40.6. The summed E-state index contributed by atoms with van der Waals surface area (Å²) in [5.41, 5.74) is 2.99. The van der Waals surface area contributed by atoms with Crippen molar-refractivity contribution in [1.82, 2.24) is 10.00 Å².